The van der Waals surface area contributed by atoms with Crippen molar-refractivity contribution in [1.82, 2.24) is 24.6 Å². The summed E-state index contributed by atoms with van der Waals surface area (Å²) in [6.45, 7) is 1.92. The van der Waals surface area contributed by atoms with Crippen LogP contribution in [0.5, 0.6) is 0 Å². The van der Waals surface area contributed by atoms with E-state index in [4.69, 9.17) is 10.5 Å². The largest absolute Gasteiger partial charge is 0.396 e. The van der Waals surface area contributed by atoms with Gasteiger partial charge in [-0.1, -0.05) is 0 Å². The zero-order chi connectivity index (χ0) is 25.6. The molecule has 0 saturated heterocycles. The van der Waals surface area contributed by atoms with E-state index in [1.165, 1.54) is 22.9 Å². The van der Waals surface area contributed by atoms with Crippen molar-refractivity contribution in [2.45, 2.75) is 19.1 Å². The Labute approximate surface area is 206 Å². The molecule has 4 heterocycles. The van der Waals surface area contributed by atoms with Gasteiger partial charge in [0.2, 0.25) is 5.91 Å². The number of hydrogen-bond donors (Lipinski definition) is 3. The molecule has 0 saturated carbocycles. The number of amides is 1. The highest BCUT2D eigenvalue weighted by Gasteiger charge is 2.39. The molecule has 1 aliphatic heterocycles. The minimum atomic E-state index is -1.43. The molecule has 1 unspecified atom stereocenters. The van der Waals surface area contributed by atoms with Crippen LogP contribution in [0.2, 0.25) is 0 Å². The summed E-state index contributed by atoms with van der Waals surface area (Å²) < 4.78 is 21.8. The molecule has 0 fully saturated rings. The van der Waals surface area contributed by atoms with Gasteiger partial charge in [0.25, 0.3) is 0 Å². The number of aliphatic hydroxyl groups is 1. The zero-order valence-corrected chi connectivity index (χ0v) is 20.1. The second kappa shape index (κ2) is 8.85. The summed E-state index contributed by atoms with van der Waals surface area (Å²) in [5, 5.41) is 20.0. The van der Waals surface area contributed by atoms with Gasteiger partial charge in [0.15, 0.2) is 11.6 Å². The maximum Gasteiger partial charge on any atom is 0.244 e. The highest BCUT2D eigenvalue weighted by Crippen LogP contribution is 2.35. The number of nitrogens with one attached hydrogen (secondary N) is 1. The number of likely N-dealkylation sites (N-methyl/N-ethyl adjacent to an activating group) is 1. The van der Waals surface area contributed by atoms with E-state index in [-0.39, 0.29) is 31.3 Å². The maximum atomic E-state index is 15.1. The van der Waals surface area contributed by atoms with Crippen molar-refractivity contribution in [3.63, 3.8) is 0 Å². The molecule has 5 rings (SSSR count). The molecule has 11 heteroatoms. The van der Waals surface area contributed by atoms with E-state index in [0.29, 0.717) is 39.2 Å². The topological polar surface area (TPSA) is 131 Å². The quantitative estimate of drug-likeness (QED) is 0.363. The first-order chi connectivity index (χ1) is 17.2. The maximum absolute atomic E-state index is 15.1. The van der Waals surface area contributed by atoms with Gasteiger partial charge in [-0.15, -0.1) is 0 Å². The molecule has 10 nitrogen and oxygen atoms in total. The van der Waals surface area contributed by atoms with E-state index in [1.807, 2.05) is 13.0 Å². The molecule has 36 heavy (non-hydrogen) atoms. The number of hydrogen-bond acceptors (Lipinski definition) is 8. The van der Waals surface area contributed by atoms with Crippen molar-refractivity contribution in [2.75, 3.05) is 38.4 Å². The Balaban J connectivity index is 1.53. The number of anilines is 3. The van der Waals surface area contributed by atoms with Crippen LogP contribution in [-0.2, 0) is 21.7 Å². The SMILES string of the molecule is COCC1(O)CN(C)C(=O)Cn2nc(Nc3cc4cc(-c5cnccc5C)c(F)c(N)c4cn3)cc21. The monoisotopic (exact) mass is 491 g/mol. The van der Waals surface area contributed by atoms with Gasteiger partial charge >= 0.3 is 0 Å². The minimum absolute atomic E-state index is 0.00534. The highest BCUT2D eigenvalue weighted by molar-refractivity contribution is 5.98. The number of β-amino-alcohol motifs (C(OH)–C–C–N with tert-alkyl or cyclic N) is 1. The summed E-state index contributed by atoms with van der Waals surface area (Å²) in [6.07, 6.45) is 4.76. The smallest absolute Gasteiger partial charge is 0.244 e. The van der Waals surface area contributed by atoms with Crippen LogP contribution in [0.1, 0.15) is 11.3 Å². The standard InChI is InChI=1S/C25H26FN7O3/c1-14-4-5-28-9-17(14)16-6-15-7-20(29-10-18(15)24(27)23(16)26)30-21-8-19-25(35,13-36-3)12-32(2)22(34)11-33(19)31-21/h4-10,35H,11-13,27H2,1-3H3,(H,29,30,31). The molecule has 3 aromatic heterocycles. The number of ether oxygens (including phenoxy) is 1. The second-order valence-corrected chi connectivity index (χ2v) is 9.04. The predicted molar refractivity (Wildman–Crippen MR) is 133 cm³/mol. The van der Waals surface area contributed by atoms with Crippen molar-refractivity contribution >= 4 is 34.0 Å². The average molecular weight is 492 g/mol. The first-order valence-corrected chi connectivity index (χ1v) is 11.3. The Morgan fingerprint density at radius 1 is 1.25 bits per heavy atom. The number of carbonyl (C=O) groups is 1. The van der Waals surface area contributed by atoms with E-state index in [2.05, 4.69) is 20.4 Å². The summed E-state index contributed by atoms with van der Waals surface area (Å²) in [4.78, 5) is 22.4. The van der Waals surface area contributed by atoms with Crippen LogP contribution >= 0.6 is 0 Å². The van der Waals surface area contributed by atoms with Gasteiger partial charge in [0.05, 0.1) is 24.5 Å². The van der Waals surface area contributed by atoms with Gasteiger partial charge in [-0.25, -0.2) is 9.37 Å². The number of aryl methyl sites for hydroxylation is 1. The first-order valence-electron chi connectivity index (χ1n) is 11.3. The van der Waals surface area contributed by atoms with Crippen molar-refractivity contribution in [1.29, 1.82) is 0 Å². The minimum Gasteiger partial charge on any atom is -0.396 e. The van der Waals surface area contributed by atoms with Gasteiger partial charge in [-0.3, -0.25) is 14.5 Å². The molecular weight excluding hydrogens is 465 g/mol. The molecule has 1 atom stereocenters. The van der Waals surface area contributed by atoms with Crippen LogP contribution in [0, 0.1) is 12.7 Å². The van der Waals surface area contributed by atoms with Gasteiger partial charge in [-0.2, -0.15) is 5.10 Å². The van der Waals surface area contributed by atoms with Crippen LogP contribution in [0.4, 0.5) is 21.7 Å². The summed E-state index contributed by atoms with van der Waals surface area (Å²) in [6, 6.07) is 6.93. The Morgan fingerprint density at radius 3 is 2.81 bits per heavy atom. The van der Waals surface area contributed by atoms with E-state index in [1.54, 1.807) is 37.6 Å². The molecule has 0 spiro atoms. The number of halogens is 1. The number of fused-ring (bicyclic) bond motifs is 2. The van der Waals surface area contributed by atoms with E-state index < -0.39 is 11.4 Å². The summed E-state index contributed by atoms with van der Waals surface area (Å²) in [7, 11) is 3.11. The number of methoxy groups -OCH3 is 1. The lowest BCUT2D eigenvalue weighted by Crippen LogP contribution is -2.43. The number of nitrogens with zero attached hydrogens (tertiary/aromatic N) is 5. The zero-order valence-electron chi connectivity index (χ0n) is 20.1. The van der Waals surface area contributed by atoms with Crippen LogP contribution in [0.15, 0.2) is 42.9 Å². The number of carbonyl (C=O) groups excluding carboxylic acids is 1. The molecule has 1 aliphatic rings. The average Bonchev–Trinajstić information content (AvgIpc) is 3.21. The normalized spacial score (nSPS) is 17.8. The molecule has 1 aromatic carbocycles. The van der Waals surface area contributed by atoms with Gasteiger partial charge in [0.1, 0.15) is 18.0 Å². The van der Waals surface area contributed by atoms with Crippen molar-refractivity contribution < 1.29 is 19.0 Å². The highest BCUT2D eigenvalue weighted by atomic mass is 19.1. The van der Waals surface area contributed by atoms with Crippen LogP contribution in [0.3, 0.4) is 0 Å². The number of nitrogen functional groups attached to an aromatic ring is 1. The van der Waals surface area contributed by atoms with E-state index >= 15 is 4.39 Å². The first kappa shape index (κ1) is 23.6. The van der Waals surface area contributed by atoms with Crippen LogP contribution in [0.25, 0.3) is 21.9 Å². The Morgan fingerprint density at radius 2 is 2.06 bits per heavy atom. The number of nitrogens with two attached hydrogens (primary N) is 1. The molecule has 1 amide bonds. The van der Waals surface area contributed by atoms with Crippen molar-refractivity contribution in [3.05, 3.63) is 59.9 Å². The van der Waals surface area contributed by atoms with Gasteiger partial charge < -0.3 is 25.8 Å². The summed E-state index contributed by atoms with van der Waals surface area (Å²) in [5.74, 6) is 0.125. The lowest BCUT2D eigenvalue weighted by molar-refractivity contribution is -0.133. The fourth-order valence-electron chi connectivity index (χ4n) is 4.58. The fraction of sp³-hybridized carbons (Fsp3) is 0.280. The lowest BCUT2D eigenvalue weighted by atomic mass is 9.98. The van der Waals surface area contributed by atoms with Crippen LogP contribution in [-0.4, -0.2) is 63.0 Å². The fourth-order valence-corrected chi connectivity index (χ4v) is 4.58. The molecule has 0 bridgehead atoms. The molecule has 4 aromatic rings. The summed E-state index contributed by atoms with van der Waals surface area (Å²) in [5.41, 5.74) is 7.03. The molecule has 0 aliphatic carbocycles. The van der Waals surface area contributed by atoms with Crippen molar-refractivity contribution in [3.8, 4) is 11.1 Å². The number of aromatic nitrogens is 4. The number of benzene rings is 1. The van der Waals surface area contributed by atoms with Crippen molar-refractivity contribution in [2.24, 2.45) is 0 Å². The molecule has 4 N–H and O–H groups in total. The third-order valence-corrected chi connectivity index (χ3v) is 6.43. The number of pyridine rings is 2. The predicted octanol–water partition coefficient (Wildman–Crippen LogP) is 2.57. The molecule has 0 radical (unpaired) electrons. The molecule has 186 valence electrons. The third kappa shape index (κ3) is 4.01. The van der Waals surface area contributed by atoms with Gasteiger partial charge in [-0.05, 0) is 36.1 Å². The van der Waals surface area contributed by atoms with Crippen LogP contribution < -0.4 is 11.1 Å². The van der Waals surface area contributed by atoms with Gasteiger partial charge in [0, 0.05) is 55.3 Å². The lowest BCUT2D eigenvalue weighted by Gasteiger charge is -2.28. The van der Waals surface area contributed by atoms with E-state index in [9.17, 15) is 9.90 Å². The van der Waals surface area contributed by atoms with E-state index in [0.717, 1.165) is 5.56 Å². The summed E-state index contributed by atoms with van der Waals surface area (Å²) >= 11 is 0. The Kier molecular flexibility index (Phi) is 5.81. The third-order valence-electron chi connectivity index (χ3n) is 6.43. The second-order valence-electron chi connectivity index (χ2n) is 9.04. The number of rotatable bonds is 5. The molecular formula is C25H26FN7O3. The Hall–Kier alpha value is -4.09. The Bertz CT molecular complexity index is 1490.